The van der Waals surface area contributed by atoms with Crippen LogP contribution in [0, 0.1) is 23.7 Å². The number of carbonyl (C=O) groups excluding carboxylic acids is 1. The second-order valence-corrected chi connectivity index (χ2v) is 7.43. The van der Waals surface area contributed by atoms with E-state index in [9.17, 15) is 10.1 Å². The number of amides is 1. The number of thiazole rings is 1. The molecule has 22 heavy (non-hydrogen) atoms. The highest BCUT2D eigenvalue weighted by Crippen LogP contribution is 2.35. The van der Waals surface area contributed by atoms with Gasteiger partial charge < -0.3 is 10.1 Å². The topological polar surface area (TPSA) is 75.0 Å². The van der Waals surface area contributed by atoms with E-state index in [-0.39, 0.29) is 11.8 Å². The van der Waals surface area contributed by atoms with Crippen molar-refractivity contribution < 1.29 is 9.53 Å². The van der Waals surface area contributed by atoms with E-state index < -0.39 is 5.41 Å². The summed E-state index contributed by atoms with van der Waals surface area (Å²) in [6.07, 6.45) is 4.28. The maximum absolute atomic E-state index is 12.5. The third-order valence-electron chi connectivity index (χ3n) is 4.68. The first kappa shape index (κ1) is 15.4. The van der Waals surface area contributed by atoms with Gasteiger partial charge in [0.1, 0.15) is 5.41 Å². The van der Waals surface area contributed by atoms with Crippen LogP contribution in [-0.4, -0.2) is 30.6 Å². The third-order valence-corrected chi connectivity index (χ3v) is 5.73. The van der Waals surface area contributed by atoms with Crippen LogP contribution in [0.5, 0.6) is 0 Å². The van der Waals surface area contributed by atoms with Crippen molar-refractivity contribution in [3.05, 3.63) is 15.6 Å². The smallest absolute Gasteiger partial charge is 0.240 e. The van der Waals surface area contributed by atoms with E-state index in [2.05, 4.69) is 16.4 Å². The molecule has 2 aliphatic rings. The Morgan fingerprint density at radius 3 is 3.05 bits per heavy atom. The van der Waals surface area contributed by atoms with E-state index in [1.807, 2.05) is 6.92 Å². The second kappa shape index (κ2) is 6.35. The molecule has 1 N–H and O–H groups in total. The number of carbonyl (C=O) groups is 1. The van der Waals surface area contributed by atoms with Gasteiger partial charge in [-0.1, -0.05) is 0 Å². The third kappa shape index (κ3) is 2.88. The van der Waals surface area contributed by atoms with Crippen LogP contribution in [0.2, 0.25) is 0 Å². The monoisotopic (exact) mass is 319 g/mol. The van der Waals surface area contributed by atoms with Gasteiger partial charge in [0.25, 0.3) is 0 Å². The predicted molar refractivity (Wildman–Crippen MR) is 83.6 cm³/mol. The summed E-state index contributed by atoms with van der Waals surface area (Å²) >= 11 is 1.77. The minimum atomic E-state index is -0.909. The standard InChI is InChI=1S/C16H21N3O2S/c1-11-19-14-12(3-2-4-13(14)22-11)9-18-15(20)16(10-17)5-7-21-8-6-16/h12H,2-9H2,1H3,(H,18,20). The molecule has 1 saturated heterocycles. The fraction of sp³-hybridized carbons (Fsp3) is 0.688. The maximum Gasteiger partial charge on any atom is 0.240 e. The fourth-order valence-electron chi connectivity index (χ4n) is 3.32. The van der Waals surface area contributed by atoms with Crippen molar-refractivity contribution in [2.45, 2.75) is 44.9 Å². The Kier molecular flexibility index (Phi) is 4.46. The highest BCUT2D eigenvalue weighted by atomic mass is 32.1. The Labute approximate surface area is 134 Å². The molecule has 0 aromatic carbocycles. The van der Waals surface area contributed by atoms with Crippen LogP contribution >= 0.6 is 11.3 Å². The Hall–Kier alpha value is -1.45. The van der Waals surface area contributed by atoms with Gasteiger partial charge in [-0.3, -0.25) is 4.79 Å². The van der Waals surface area contributed by atoms with Crippen molar-refractivity contribution in [2.75, 3.05) is 19.8 Å². The second-order valence-electron chi connectivity index (χ2n) is 6.15. The first-order valence-electron chi connectivity index (χ1n) is 7.88. The molecule has 0 saturated carbocycles. The van der Waals surface area contributed by atoms with Crippen molar-refractivity contribution in [3.8, 4) is 6.07 Å². The summed E-state index contributed by atoms with van der Waals surface area (Å²) < 4.78 is 5.28. The lowest BCUT2D eigenvalue weighted by Gasteiger charge is -2.30. The Bertz CT molecular complexity index is 599. The van der Waals surface area contributed by atoms with Crippen molar-refractivity contribution in [1.29, 1.82) is 5.26 Å². The lowest BCUT2D eigenvalue weighted by Crippen LogP contribution is -2.45. The van der Waals surface area contributed by atoms with E-state index in [0.29, 0.717) is 32.6 Å². The van der Waals surface area contributed by atoms with Crippen LogP contribution in [0.25, 0.3) is 0 Å². The van der Waals surface area contributed by atoms with Crippen molar-refractivity contribution in [2.24, 2.45) is 5.41 Å². The number of nitrogens with one attached hydrogen (secondary N) is 1. The van der Waals surface area contributed by atoms with Crippen LogP contribution < -0.4 is 5.32 Å². The SMILES string of the molecule is Cc1nc2c(s1)CCCC2CNC(=O)C1(C#N)CCOCC1. The number of hydrogen-bond donors (Lipinski definition) is 1. The number of nitriles is 1. The molecule has 0 bridgehead atoms. The number of rotatable bonds is 3. The van der Waals surface area contributed by atoms with Gasteiger partial charge in [0.2, 0.25) is 5.91 Å². The highest BCUT2D eigenvalue weighted by Gasteiger charge is 2.40. The summed E-state index contributed by atoms with van der Waals surface area (Å²) in [5, 5.41) is 13.5. The van der Waals surface area contributed by atoms with E-state index in [0.717, 1.165) is 30.0 Å². The minimum Gasteiger partial charge on any atom is -0.381 e. The molecule has 118 valence electrons. The fourth-order valence-corrected chi connectivity index (χ4v) is 4.39. The van der Waals surface area contributed by atoms with Crippen molar-refractivity contribution in [1.82, 2.24) is 10.3 Å². The molecule has 6 heteroatoms. The first-order chi connectivity index (χ1) is 10.6. The molecule has 0 radical (unpaired) electrons. The predicted octanol–water partition coefficient (Wildman–Crippen LogP) is 2.31. The number of nitrogens with zero attached hydrogens (tertiary/aromatic N) is 2. The highest BCUT2D eigenvalue weighted by molar-refractivity contribution is 7.11. The summed E-state index contributed by atoms with van der Waals surface area (Å²) in [7, 11) is 0. The Morgan fingerprint density at radius 2 is 2.32 bits per heavy atom. The van der Waals surface area contributed by atoms with Crippen LogP contribution in [0.4, 0.5) is 0 Å². The molecule has 3 rings (SSSR count). The Balaban J connectivity index is 1.65. The molecule has 1 aliphatic heterocycles. The molecule has 0 spiro atoms. The van der Waals surface area contributed by atoms with Crippen LogP contribution in [0.15, 0.2) is 0 Å². The van der Waals surface area contributed by atoms with E-state index in [1.165, 1.54) is 4.88 Å². The van der Waals surface area contributed by atoms with Gasteiger partial charge >= 0.3 is 0 Å². The van der Waals surface area contributed by atoms with Gasteiger partial charge in [-0.2, -0.15) is 5.26 Å². The maximum atomic E-state index is 12.5. The van der Waals surface area contributed by atoms with Crippen molar-refractivity contribution in [3.63, 3.8) is 0 Å². The lowest BCUT2D eigenvalue weighted by molar-refractivity contribution is -0.132. The van der Waals surface area contributed by atoms with Gasteiger partial charge in [0.15, 0.2) is 0 Å². The zero-order valence-corrected chi connectivity index (χ0v) is 13.7. The van der Waals surface area contributed by atoms with Gasteiger partial charge in [-0.15, -0.1) is 11.3 Å². The number of hydrogen-bond acceptors (Lipinski definition) is 5. The molecular weight excluding hydrogens is 298 g/mol. The number of ether oxygens (including phenoxy) is 1. The molecule has 1 aliphatic carbocycles. The van der Waals surface area contributed by atoms with Crippen LogP contribution in [0.3, 0.4) is 0 Å². The van der Waals surface area contributed by atoms with E-state index in [4.69, 9.17) is 4.74 Å². The summed E-state index contributed by atoms with van der Waals surface area (Å²) in [4.78, 5) is 18.5. The summed E-state index contributed by atoms with van der Waals surface area (Å²) in [5.74, 6) is 0.144. The zero-order valence-electron chi connectivity index (χ0n) is 12.9. The zero-order chi connectivity index (χ0) is 15.6. The number of aromatic nitrogens is 1. The molecule has 1 unspecified atom stereocenters. The number of fused-ring (bicyclic) bond motifs is 1. The van der Waals surface area contributed by atoms with E-state index >= 15 is 0 Å². The first-order valence-corrected chi connectivity index (χ1v) is 8.70. The van der Waals surface area contributed by atoms with Crippen molar-refractivity contribution >= 4 is 17.2 Å². The largest absolute Gasteiger partial charge is 0.381 e. The van der Waals surface area contributed by atoms with Crippen LogP contribution in [-0.2, 0) is 16.0 Å². The summed E-state index contributed by atoms with van der Waals surface area (Å²) in [6.45, 7) is 3.59. The molecule has 5 nitrogen and oxygen atoms in total. The van der Waals surface area contributed by atoms with Gasteiger partial charge in [-0.05, 0) is 39.0 Å². The van der Waals surface area contributed by atoms with Crippen LogP contribution in [0.1, 0.15) is 47.2 Å². The quantitative estimate of drug-likeness (QED) is 0.927. The summed E-state index contributed by atoms with van der Waals surface area (Å²) in [6, 6.07) is 2.22. The van der Waals surface area contributed by atoms with Gasteiger partial charge in [0, 0.05) is 30.6 Å². The summed E-state index contributed by atoms with van der Waals surface area (Å²) in [5.41, 5.74) is 0.250. The van der Waals surface area contributed by atoms with Gasteiger partial charge in [0.05, 0.1) is 16.8 Å². The molecule has 1 fully saturated rings. The molecule has 1 aromatic heterocycles. The molecular formula is C16H21N3O2S. The average Bonchev–Trinajstić information content (AvgIpc) is 2.94. The average molecular weight is 319 g/mol. The number of aryl methyl sites for hydroxylation is 2. The minimum absolute atomic E-state index is 0.141. The van der Waals surface area contributed by atoms with Gasteiger partial charge in [-0.25, -0.2) is 4.98 Å². The molecule has 1 atom stereocenters. The van der Waals surface area contributed by atoms with E-state index in [1.54, 1.807) is 11.3 Å². The molecule has 2 heterocycles. The Morgan fingerprint density at radius 1 is 1.55 bits per heavy atom. The molecule has 1 aromatic rings. The lowest BCUT2D eigenvalue weighted by atomic mass is 9.80. The normalized spacial score (nSPS) is 23.4. The molecule has 1 amide bonds.